The number of anilines is 2. The molecule has 3 heterocycles. The second-order valence-electron chi connectivity index (χ2n) is 6.55. The zero-order valence-corrected chi connectivity index (χ0v) is 17.1. The molecule has 0 radical (unpaired) electrons. The maximum absolute atomic E-state index is 11.7. The fraction of sp³-hybridized carbons (Fsp3) is 0.368. The molecule has 0 amide bonds. The third-order valence-corrected chi connectivity index (χ3v) is 6.30. The normalized spacial score (nSPS) is 15.1. The molecule has 0 spiro atoms. The van der Waals surface area contributed by atoms with Crippen LogP contribution in [-0.4, -0.2) is 48.7 Å². The monoisotopic (exact) mass is 416 g/mol. The molecule has 1 saturated heterocycles. The van der Waals surface area contributed by atoms with E-state index in [1.54, 1.807) is 0 Å². The largest absolute Gasteiger partial charge is 0.364 e. The van der Waals surface area contributed by atoms with Gasteiger partial charge in [-0.3, -0.25) is 4.21 Å². The van der Waals surface area contributed by atoms with E-state index in [0.29, 0.717) is 53.8 Å². The van der Waals surface area contributed by atoms with Crippen LogP contribution in [0.1, 0.15) is 18.1 Å². The molecule has 1 fully saturated rings. The Morgan fingerprint density at radius 3 is 2.61 bits per heavy atom. The van der Waals surface area contributed by atoms with Gasteiger partial charge in [-0.15, -0.1) is 0 Å². The summed E-state index contributed by atoms with van der Waals surface area (Å²) in [5, 5.41) is 3.53. The minimum absolute atomic E-state index is 0.154. The molecule has 1 aliphatic heterocycles. The molecule has 4 rings (SSSR count). The minimum atomic E-state index is -0.769. The van der Waals surface area contributed by atoms with Crippen molar-refractivity contribution in [3.8, 4) is 0 Å². The fourth-order valence-electron chi connectivity index (χ4n) is 3.36. The van der Waals surface area contributed by atoms with Gasteiger partial charge in [0.1, 0.15) is 17.4 Å². The van der Waals surface area contributed by atoms with Gasteiger partial charge in [-0.1, -0.05) is 31.2 Å². The smallest absolute Gasteiger partial charge is 0.225 e. The van der Waals surface area contributed by atoms with Crippen LogP contribution in [0.15, 0.2) is 30.6 Å². The first kappa shape index (κ1) is 19.0. The molecule has 28 heavy (non-hydrogen) atoms. The molecular weight excluding hydrogens is 396 g/mol. The van der Waals surface area contributed by atoms with Crippen LogP contribution in [0.3, 0.4) is 0 Å². The predicted molar refractivity (Wildman–Crippen MR) is 113 cm³/mol. The molecule has 0 aliphatic carbocycles. The number of aromatic nitrogens is 4. The zero-order chi connectivity index (χ0) is 19.5. The van der Waals surface area contributed by atoms with Crippen LogP contribution >= 0.6 is 11.6 Å². The summed E-state index contributed by atoms with van der Waals surface area (Å²) in [4.78, 5) is 19.6. The van der Waals surface area contributed by atoms with Crippen LogP contribution < -0.4 is 10.2 Å². The molecule has 0 saturated carbocycles. The Balaban J connectivity index is 1.67. The van der Waals surface area contributed by atoms with Gasteiger partial charge in [0.25, 0.3) is 0 Å². The van der Waals surface area contributed by atoms with Crippen LogP contribution in [0.4, 0.5) is 11.6 Å². The number of halogens is 1. The highest BCUT2D eigenvalue weighted by Gasteiger charge is 2.22. The molecule has 0 unspecified atom stereocenters. The second-order valence-corrected chi connectivity index (χ2v) is 8.58. The lowest BCUT2D eigenvalue weighted by atomic mass is 10.1. The summed E-state index contributed by atoms with van der Waals surface area (Å²) in [5.41, 5.74) is 3.76. The Morgan fingerprint density at radius 2 is 1.86 bits per heavy atom. The molecule has 7 nitrogen and oxygen atoms in total. The molecule has 0 bridgehead atoms. The van der Waals surface area contributed by atoms with Crippen LogP contribution in [-0.2, 0) is 23.8 Å². The van der Waals surface area contributed by atoms with Crippen molar-refractivity contribution in [2.45, 2.75) is 19.9 Å². The van der Waals surface area contributed by atoms with E-state index >= 15 is 0 Å². The molecule has 1 aromatic carbocycles. The highest BCUT2D eigenvalue weighted by atomic mass is 35.5. The van der Waals surface area contributed by atoms with Crippen molar-refractivity contribution >= 4 is 45.1 Å². The fourth-order valence-corrected chi connectivity index (χ4v) is 4.58. The number of nitrogens with zero attached hydrogens (tertiary/aromatic N) is 5. The average molecular weight is 417 g/mol. The molecule has 1 N–H and O–H groups in total. The van der Waals surface area contributed by atoms with E-state index < -0.39 is 10.8 Å². The van der Waals surface area contributed by atoms with E-state index in [0.717, 1.165) is 6.42 Å². The predicted octanol–water partition coefficient (Wildman–Crippen LogP) is 2.82. The third kappa shape index (κ3) is 3.93. The summed E-state index contributed by atoms with van der Waals surface area (Å²) in [7, 11) is -0.769. The van der Waals surface area contributed by atoms with E-state index in [9.17, 15) is 4.21 Å². The SMILES string of the molecule is CCc1ccccc1CNc1ncnc2c(N3CCS(=O)CC3)nc(Cl)nc12. The summed E-state index contributed by atoms with van der Waals surface area (Å²) in [5.74, 6) is 2.54. The van der Waals surface area contributed by atoms with Crippen LogP contribution in [0.25, 0.3) is 11.0 Å². The summed E-state index contributed by atoms with van der Waals surface area (Å²) in [6, 6.07) is 8.32. The van der Waals surface area contributed by atoms with Crippen LogP contribution in [0, 0.1) is 0 Å². The highest BCUT2D eigenvalue weighted by Crippen LogP contribution is 2.28. The first-order chi connectivity index (χ1) is 13.7. The van der Waals surface area contributed by atoms with Crippen LogP contribution in [0.2, 0.25) is 5.28 Å². The highest BCUT2D eigenvalue weighted by molar-refractivity contribution is 7.85. The van der Waals surface area contributed by atoms with Crippen molar-refractivity contribution in [1.82, 2.24) is 19.9 Å². The Labute approximate surface area is 171 Å². The molecule has 146 valence electrons. The van der Waals surface area contributed by atoms with E-state index in [1.165, 1.54) is 17.5 Å². The summed E-state index contributed by atoms with van der Waals surface area (Å²) < 4.78 is 11.7. The van der Waals surface area contributed by atoms with Gasteiger partial charge in [0.15, 0.2) is 11.6 Å². The maximum atomic E-state index is 11.7. The van der Waals surface area contributed by atoms with Crippen molar-refractivity contribution in [1.29, 1.82) is 0 Å². The van der Waals surface area contributed by atoms with E-state index in [4.69, 9.17) is 11.6 Å². The van der Waals surface area contributed by atoms with Crippen molar-refractivity contribution in [3.05, 3.63) is 47.0 Å². The summed E-state index contributed by atoms with van der Waals surface area (Å²) in [6.07, 6.45) is 2.48. The van der Waals surface area contributed by atoms with Gasteiger partial charge < -0.3 is 10.2 Å². The number of aryl methyl sites for hydroxylation is 1. The first-order valence-electron chi connectivity index (χ1n) is 9.24. The topological polar surface area (TPSA) is 83.9 Å². The Morgan fingerprint density at radius 1 is 1.11 bits per heavy atom. The van der Waals surface area contributed by atoms with Crippen LogP contribution in [0.5, 0.6) is 0 Å². The van der Waals surface area contributed by atoms with Gasteiger partial charge in [0.05, 0.1) is 0 Å². The Bertz CT molecular complexity index is 1020. The maximum Gasteiger partial charge on any atom is 0.225 e. The molecule has 0 atom stereocenters. The third-order valence-electron chi connectivity index (χ3n) is 4.86. The van der Waals surface area contributed by atoms with E-state index in [1.807, 2.05) is 12.1 Å². The minimum Gasteiger partial charge on any atom is -0.364 e. The van der Waals surface area contributed by atoms with Crippen molar-refractivity contribution in [2.24, 2.45) is 0 Å². The van der Waals surface area contributed by atoms with Gasteiger partial charge >= 0.3 is 0 Å². The van der Waals surface area contributed by atoms with Crippen molar-refractivity contribution in [3.63, 3.8) is 0 Å². The van der Waals surface area contributed by atoms with Gasteiger partial charge in [0.2, 0.25) is 5.28 Å². The average Bonchev–Trinajstić information content (AvgIpc) is 2.72. The van der Waals surface area contributed by atoms with Gasteiger partial charge in [0, 0.05) is 41.9 Å². The first-order valence-corrected chi connectivity index (χ1v) is 11.1. The molecule has 9 heteroatoms. The van der Waals surface area contributed by atoms with Crippen molar-refractivity contribution in [2.75, 3.05) is 34.8 Å². The van der Waals surface area contributed by atoms with Gasteiger partial charge in [-0.2, -0.15) is 4.98 Å². The summed E-state index contributed by atoms with van der Waals surface area (Å²) in [6.45, 7) is 4.09. The lowest BCUT2D eigenvalue weighted by Gasteiger charge is -2.27. The Hall–Kier alpha value is -2.32. The zero-order valence-electron chi connectivity index (χ0n) is 15.6. The second kappa shape index (κ2) is 8.36. The number of nitrogens with one attached hydrogen (secondary N) is 1. The van der Waals surface area contributed by atoms with E-state index in [-0.39, 0.29) is 5.28 Å². The van der Waals surface area contributed by atoms with Crippen molar-refractivity contribution < 1.29 is 4.21 Å². The molecular formula is C19H21ClN6OS. The summed E-state index contributed by atoms with van der Waals surface area (Å²) >= 11 is 6.22. The lowest BCUT2D eigenvalue weighted by molar-refractivity contribution is 0.672. The quantitative estimate of drug-likeness (QED) is 0.640. The molecule has 1 aliphatic rings. The number of hydrogen-bond acceptors (Lipinski definition) is 7. The number of benzene rings is 1. The molecule has 3 aromatic rings. The molecule has 2 aromatic heterocycles. The van der Waals surface area contributed by atoms with E-state index in [2.05, 4.69) is 49.2 Å². The van der Waals surface area contributed by atoms with Gasteiger partial charge in [-0.05, 0) is 29.1 Å². The van der Waals surface area contributed by atoms with Gasteiger partial charge in [-0.25, -0.2) is 15.0 Å². The number of fused-ring (bicyclic) bond motifs is 1. The number of rotatable bonds is 5. The number of hydrogen-bond donors (Lipinski definition) is 1. The standard InChI is InChI=1S/C19H21ClN6OS/c1-2-13-5-3-4-6-14(13)11-21-17-15-16(22-12-23-17)18(25-19(20)24-15)26-7-9-28(27)10-8-26/h3-6,12H,2,7-11H2,1H3,(H,21,22,23). The Kier molecular flexibility index (Phi) is 5.68. The lowest BCUT2D eigenvalue weighted by Crippen LogP contribution is -2.38.